The third-order valence-corrected chi connectivity index (χ3v) is 5.69. The maximum Gasteiger partial charge on any atom is 0.278 e. The number of anilines is 1. The van der Waals surface area contributed by atoms with Crippen molar-refractivity contribution in [3.63, 3.8) is 0 Å². The van der Waals surface area contributed by atoms with Gasteiger partial charge in [-0.3, -0.25) is 10.1 Å². The normalized spacial score (nSPS) is 20.3. The molecule has 2 aromatic carbocycles. The Kier molecular flexibility index (Phi) is 7.41. The van der Waals surface area contributed by atoms with E-state index in [2.05, 4.69) is 24.8 Å². The van der Waals surface area contributed by atoms with Gasteiger partial charge in [-0.1, -0.05) is 72.8 Å². The molecule has 0 saturated carbocycles. The largest absolute Gasteiger partial charge is 0.372 e. The van der Waals surface area contributed by atoms with E-state index in [4.69, 9.17) is 0 Å². The molecule has 32 heavy (non-hydrogen) atoms. The van der Waals surface area contributed by atoms with E-state index in [1.165, 1.54) is 12.2 Å². The summed E-state index contributed by atoms with van der Waals surface area (Å²) in [6.07, 6.45) is 11.9. The Morgan fingerprint density at radius 3 is 2.28 bits per heavy atom. The SMILES string of the molecule is CCN(CC)c1ccc(C=CC2([N+](=O)[O-])C=CC(C=Cc3ccccc3)=CC2C#N)cc1. The fourth-order valence-corrected chi connectivity index (χ4v) is 3.73. The van der Waals surface area contributed by atoms with Crippen LogP contribution in [-0.2, 0) is 0 Å². The summed E-state index contributed by atoms with van der Waals surface area (Å²) >= 11 is 0. The van der Waals surface area contributed by atoms with Crippen molar-refractivity contribution in [2.75, 3.05) is 18.0 Å². The van der Waals surface area contributed by atoms with Crippen molar-refractivity contribution < 1.29 is 4.92 Å². The summed E-state index contributed by atoms with van der Waals surface area (Å²) in [5.74, 6) is -0.913. The molecule has 0 saturated heterocycles. The van der Waals surface area contributed by atoms with Crippen molar-refractivity contribution in [3.05, 3.63) is 112 Å². The van der Waals surface area contributed by atoms with E-state index in [-0.39, 0.29) is 4.92 Å². The number of nitrogens with zero attached hydrogens (tertiary/aromatic N) is 3. The minimum absolute atomic E-state index is 0.383. The molecular formula is C27H27N3O2. The van der Waals surface area contributed by atoms with Crippen molar-refractivity contribution in [1.82, 2.24) is 0 Å². The van der Waals surface area contributed by atoms with Gasteiger partial charge in [0.05, 0.1) is 6.07 Å². The molecular weight excluding hydrogens is 398 g/mol. The Labute approximate surface area is 189 Å². The van der Waals surface area contributed by atoms with E-state index < -0.39 is 11.5 Å². The van der Waals surface area contributed by atoms with Crippen LogP contribution in [0, 0.1) is 27.4 Å². The summed E-state index contributed by atoms with van der Waals surface area (Å²) in [5, 5.41) is 21.8. The molecule has 5 heteroatoms. The average molecular weight is 426 g/mol. The van der Waals surface area contributed by atoms with Crippen molar-refractivity contribution in [2.24, 2.45) is 5.92 Å². The molecule has 1 aliphatic carbocycles. The Morgan fingerprint density at radius 2 is 1.69 bits per heavy atom. The van der Waals surface area contributed by atoms with Crippen LogP contribution >= 0.6 is 0 Å². The molecule has 1 aliphatic rings. The van der Waals surface area contributed by atoms with Gasteiger partial charge in [0.15, 0.2) is 0 Å². The average Bonchev–Trinajstić information content (AvgIpc) is 2.83. The summed E-state index contributed by atoms with van der Waals surface area (Å²) in [5.41, 5.74) is 2.16. The van der Waals surface area contributed by atoms with E-state index in [9.17, 15) is 15.4 Å². The number of rotatable bonds is 8. The summed E-state index contributed by atoms with van der Waals surface area (Å²) in [4.78, 5) is 13.9. The molecule has 2 aromatic rings. The first-order valence-electron chi connectivity index (χ1n) is 10.7. The molecule has 0 spiro atoms. The maximum absolute atomic E-state index is 12.1. The molecule has 0 radical (unpaired) electrons. The minimum Gasteiger partial charge on any atom is -0.372 e. The molecule has 0 bridgehead atoms. The highest BCUT2D eigenvalue weighted by atomic mass is 16.6. The first-order valence-corrected chi connectivity index (χ1v) is 10.7. The van der Waals surface area contributed by atoms with Gasteiger partial charge in [-0.2, -0.15) is 5.26 Å². The quantitative estimate of drug-likeness (QED) is 0.389. The predicted molar refractivity (Wildman–Crippen MR) is 131 cm³/mol. The zero-order valence-electron chi connectivity index (χ0n) is 18.4. The van der Waals surface area contributed by atoms with Gasteiger partial charge < -0.3 is 4.90 Å². The van der Waals surface area contributed by atoms with E-state index in [1.54, 1.807) is 18.2 Å². The van der Waals surface area contributed by atoms with E-state index in [1.807, 2.05) is 66.7 Å². The fraction of sp³-hybridized carbons (Fsp3) is 0.222. The lowest BCUT2D eigenvalue weighted by Gasteiger charge is -2.24. The molecule has 2 unspecified atom stereocenters. The van der Waals surface area contributed by atoms with Gasteiger partial charge in [0, 0.05) is 23.7 Å². The molecule has 5 nitrogen and oxygen atoms in total. The van der Waals surface area contributed by atoms with Crippen molar-refractivity contribution >= 4 is 17.8 Å². The van der Waals surface area contributed by atoms with Gasteiger partial charge in [-0.25, -0.2) is 0 Å². The maximum atomic E-state index is 12.1. The molecule has 0 aliphatic heterocycles. The van der Waals surface area contributed by atoms with Crippen LogP contribution in [0.3, 0.4) is 0 Å². The zero-order chi connectivity index (χ0) is 23.0. The number of nitro groups is 1. The molecule has 3 rings (SSSR count). The number of hydrogen-bond donors (Lipinski definition) is 0. The lowest BCUT2D eigenvalue weighted by Crippen LogP contribution is -2.42. The standard InChI is InChI=1S/C27H27N3O2/c1-3-29(4-2)26-14-12-23(13-15-26)16-18-27(30(31)32)19-17-24(20-25(27)21-28)11-10-22-8-6-5-7-9-22/h5-20,25H,3-4H2,1-2H3. The highest BCUT2D eigenvalue weighted by Crippen LogP contribution is 2.33. The van der Waals surface area contributed by atoms with E-state index >= 15 is 0 Å². The van der Waals surface area contributed by atoms with Crippen LogP contribution in [0.5, 0.6) is 0 Å². The molecule has 162 valence electrons. The number of benzene rings is 2. The molecule has 0 aromatic heterocycles. The van der Waals surface area contributed by atoms with Gasteiger partial charge in [0.25, 0.3) is 5.54 Å². The van der Waals surface area contributed by atoms with Gasteiger partial charge in [0.2, 0.25) is 0 Å². The van der Waals surface area contributed by atoms with Gasteiger partial charge in [-0.15, -0.1) is 0 Å². The monoisotopic (exact) mass is 425 g/mol. The molecule has 0 heterocycles. The van der Waals surface area contributed by atoms with Gasteiger partial charge >= 0.3 is 0 Å². The third-order valence-electron chi connectivity index (χ3n) is 5.69. The van der Waals surface area contributed by atoms with Crippen molar-refractivity contribution in [2.45, 2.75) is 19.4 Å². The Morgan fingerprint density at radius 1 is 1.03 bits per heavy atom. The molecule has 0 N–H and O–H groups in total. The Balaban J connectivity index is 1.84. The van der Waals surface area contributed by atoms with Crippen LogP contribution in [0.15, 0.2) is 90.6 Å². The van der Waals surface area contributed by atoms with Crippen LogP contribution in [0.1, 0.15) is 25.0 Å². The summed E-state index contributed by atoms with van der Waals surface area (Å²) < 4.78 is 0. The van der Waals surface area contributed by atoms with Crippen molar-refractivity contribution in [3.8, 4) is 6.07 Å². The Hall–Kier alpha value is -3.91. The molecule has 0 fully saturated rings. The first-order chi connectivity index (χ1) is 15.5. The topological polar surface area (TPSA) is 70.2 Å². The van der Waals surface area contributed by atoms with Crippen LogP contribution in [0.25, 0.3) is 12.2 Å². The molecule has 0 amide bonds. The number of allylic oxidation sites excluding steroid dienone is 3. The summed E-state index contributed by atoms with van der Waals surface area (Å²) in [6, 6.07) is 19.8. The van der Waals surface area contributed by atoms with Crippen molar-refractivity contribution in [1.29, 1.82) is 5.26 Å². The van der Waals surface area contributed by atoms with Crippen LogP contribution < -0.4 is 4.90 Å². The predicted octanol–water partition coefficient (Wildman–Crippen LogP) is 5.91. The summed E-state index contributed by atoms with van der Waals surface area (Å²) in [6.45, 7) is 6.04. The molecule has 2 atom stereocenters. The number of nitriles is 1. The van der Waals surface area contributed by atoms with E-state index in [0.717, 1.165) is 35.5 Å². The summed E-state index contributed by atoms with van der Waals surface area (Å²) in [7, 11) is 0. The lowest BCUT2D eigenvalue weighted by molar-refractivity contribution is -0.545. The smallest absolute Gasteiger partial charge is 0.278 e. The van der Waals surface area contributed by atoms with E-state index in [0.29, 0.717) is 0 Å². The van der Waals surface area contributed by atoms with Crippen LogP contribution in [0.2, 0.25) is 0 Å². The minimum atomic E-state index is -1.60. The van der Waals surface area contributed by atoms with Gasteiger partial charge in [0.1, 0.15) is 5.92 Å². The lowest BCUT2D eigenvalue weighted by atomic mass is 9.79. The first kappa shape index (κ1) is 22.8. The third kappa shape index (κ3) is 5.04. The van der Waals surface area contributed by atoms with Crippen LogP contribution in [-0.4, -0.2) is 23.6 Å². The zero-order valence-corrected chi connectivity index (χ0v) is 18.4. The van der Waals surface area contributed by atoms with Crippen LogP contribution in [0.4, 0.5) is 5.69 Å². The highest BCUT2D eigenvalue weighted by Gasteiger charge is 2.47. The highest BCUT2D eigenvalue weighted by molar-refractivity contribution is 5.59. The number of hydrogen-bond acceptors (Lipinski definition) is 4. The van der Waals surface area contributed by atoms with Gasteiger partial charge in [-0.05, 0) is 54.8 Å². The second-order valence-electron chi connectivity index (χ2n) is 7.59. The fourth-order valence-electron chi connectivity index (χ4n) is 3.73. The second kappa shape index (κ2) is 10.4. The second-order valence-corrected chi connectivity index (χ2v) is 7.59. The Bertz CT molecular complexity index is 1090.